The lowest BCUT2D eigenvalue weighted by Crippen LogP contribution is -2.27. The van der Waals surface area contributed by atoms with Crippen molar-refractivity contribution in [1.29, 1.82) is 0 Å². The number of thiophene rings is 1. The van der Waals surface area contributed by atoms with Crippen molar-refractivity contribution in [2.24, 2.45) is 0 Å². The van der Waals surface area contributed by atoms with Gasteiger partial charge in [-0.3, -0.25) is 9.36 Å². The van der Waals surface area contributed by atoms with Gasteiger partial charge in [0.15, 0.2) is 5.16 Å². The van der Waals surface area contributed by atoms with Gasteiger partial charge in [0.1, 0.15) is 4.83 Å². The number of nitrogens with zero attached hydrogens (tertiary/aromatic N) is 3. The Kier molecular flexibility index (Phi) is 5.89. The normalized spacial score (nSPS) is 14.1. The largest absolute Gasteiger partial charge is 0.301 e. The van der Waals surface area contributed by atoms with Gasteiger partial charge in [0.2, 0.25) is 0 Å². The maximum Gasteiger partial charge on any atom is 0.267 e. The molecule has 0 aliphatic carbocycles. The van der Waals surface area contributed by atoms with Crippen LogP contribution in [0.4, 0.5) is 0 Å². The maximum atomic E-state index is 13.8. The average molecular weight is 468 g/mol. The molecule has 0 amide bonds. The summed E-state index contributed by atoms with van der Waals surface area (Å²) in [6, 6.07) is 17.8. The van der Waals surface area contributed by atoms with Crippen molar-refractivity contribution in [2.45, 2.75) is 24.5 Å². The molecule has 0 saturated heterocycles. The Morgan fingerprint density at radius 1 is 1.13 bits per heavy atom. The van der Waals surface area contributed by atoms with Crippen LogP contribution in [0, 0.1) is 0 Å². The molecule has 31 heavy (non-hydrogen) atoms. The highest BCUT2D eigenvalue weighted by atomic mass is 35.5. The minimum absolute atomic E-state index is 0.0246. The summed E-state index contributed by atoms with van der Waals surface area (Å²) in [6.45, 7) is 1.85. The van der Waals surface area contributed by atoms with E-state index in [1.165, 1.54) is 16.0 Å². The van der Waals surface area contributed by atoms with Gasteiger partial charge >= 0.3 is 0 Å². The SMILES string of the molecule is CN1CCc2c(sc3nc(SCCc4ccccc4)n(-c4ccc(Cl)cc4)c(=O)c23)C1. The van der Waals surface area contributed by atoms with E-state index in [9.17, 15) is 4.79 Å². The highest BCUT2D eigenvalue weighted by molar-refractivity contribution is 7.99. The highest BCUT2D eigenvalue weighted by Gasteiger charge is 2.24. The summed E-state index contributed by atoms with van der Waals surface area (Å²) in [7, 11) is 2.12. The molecule has 5 rings (SSSR count). The zero-order chi connectivity index (χ0) is 21.4. The standard InChI is InChI=1S/C24H22ClN3OS2/c1-27-13-11-19-20(15-27)31-22-21(19)23(29)28(18-9-7-17(25)8-10-18)24(26-22)30-14-12-16-5-3-2-4-6-16/h2-10H,11-15H2,1H3. The van der Waals surface area contributed by atoms with Gasteiger partial charge < -0.3 is 4.90 Å². The zero-order valence-electron chi connectivity index (χ0n) is 17.2. The van der Waals surface area contributed by atoms with Gasteiger partial charge in [-0.05, 0) is 55.3 Å². The van der Waals surface area contributed by atoms with Crippen LogP contribution in [-0.4, -0.2) is 33.8 Å². The third-order valence-corrected chi connectivity index (χ3v) is 7.89. The number of fused-ring (bicyclic) bond motifs is 3. The molecule has 4 aromatic rings. The molecule has 0 atom stereocenters. The Labute approximate surface area is 194 Å². The van der Waals surface area contributed by atoms with Crippen LogP contribution >= 0.6 is 34.7 Å². The number of hydrogen-bond donors (Lipinski definition) is 0. The van der Waals surface area contributed by atoms with E-state index in [0.29, 0.717) is 5.02 Å². The van der Waals surface area contributed by atoms with E-state index in [1.54, 1.807) is 27.7 Å². The Morgan fingerprint density at radius 3 is 2.68 bits per heavy atom. The van der Waals surface area contributed by atoms with E-state index in [2.05, 4.69) is 36.2 Å². The van der Waals surface area contributed by atoms with E-state index < -0.39 is 0 Å². The Bertz CT molecular complexity index is 1280. The predicted molar refractivity (Wildman–Crippen MR) is 131 cm³/mol. The fraction of sp³-hybridized carbons (Fsp3) is 0.250. The minimum atomic E-state index is 0.0246. The average Bonchev–Trinajstić information content (AvgIpc) is 3.13. The van der Waals surface area contributed by atoms with Gasteiger partial charge in [-0.2, -0.15) is 0 Å². The molecular weight excluding hydrogens is 446 g/mol. The zero-order valence-corrected chi connectivity index (χ0v) is 19.6. The molecule has 0 N–H and O–H groups in total. The van der Waals surface area contributed by atoms with Crippen molar-refractivity contribution in [2.75, 3.05) is 19.3 Å². The van der Waals surface area contributed by atoms with E-state index in [1.807, 2.05) is 30.3 Å². The molecule has 1 aliphatic heterocycles. The third-order valence-electron chi connectivity index (χ3n) is 5.58. The van der Waals surface area contributed by atoms with Crippen LogP contribution in [0.15, 0.2) is 64.5 Å². The first-order valence-corrected chi connectivity index (χ1v) is 12.5. The molecule has 0 radical (unpaired) electrons. The molecule has 0 fully saturated rings. The van der Waals surface area contributed by atoms with Crippen molar-refractivity contribution >= 4 is 44.9 Å². The first-order valence-electron chi connectivity index (χ1n) is 10.3. The molecule has 7 heteroatoms. The summed E-state index contributed by atoms with van der Waals surface area (Å²) in [5, 5.41) is 2.18. The summed E-state index contributed by atoms with van der Waals surface area (Å²) in [4.78, 5) is 23.2. The van der Waals surface area contributed by atoms with E-state index >= 15 is 0 Å². The van der Waals surface area contributed by atoms with Crippen LogP contribution in [0.25, 0.3) is 15.9 Å². The summed E-state index contributed by atoms with van der Waals surface area (Å²) >= 11 is 9.40. The van der Waals surface area contributed by atoms with Crippen LogP contribution in [0.3, 0.4) is 0 Å². The first kappa shape index (κ1) is 20.8. The number of rotatable bonds is 5. The van der Waals surface area contributed by atoms with Crippen molar-refractivity contribution < 1.29 is 0 Å². The van der Waals surface area contributed by atoms with Crippen LogP contribution < -0.4 is 5.56 Å². The van der Waals surface area contributed by atoms with Gasteiger partial charge in [0.25, 0.3) is 5.56 Å². The first-order chi connectivity index (χ1) is 15.1. The monoisotopic (exact) mass is 467 g/mol. The fourth-order valence-corrected chi connectivity index (χ4v) is 6.44. The number of thioether (sulfide) groups is 1. The van der Waals surface area contributed by atoms with E-state index in [4.69, 9.17) is 16.6 Å². The molecule has 3 heterocycles. The Morgan fingerprint density at radius 2 is 1.90 bits per heavy atom. The second kappa shape index (κ2) is 8.79. The molecule has 2 aromatic carbocycles. The lowest BCUT2D eigenvalue weighted by atomic mass is 10.1. The smallest absolute Gasteiger partial charge is 0.267 e. The number of halogens is 1. The topological polar surface area (TPSA) is 38.1 Å². The van der Waals surface area contributed by atoms with Crippen molar-refractivity contribution in [1.82, 2.24) is 14.5 Å². The van der Waals surface area contributed by atoms with Crippen molar-refractivity contribution in [3.8, 4) is 5.69 Å². The molecule has 158 valence electrons. The van der Waals surface area contributed by atoms with E-state index in [0.717, 1.165) is 52.7 Å². The third kappa shape index (κ3) is 4.17. The molecule has 0 spiro atoms. The molecule has 0 unspecified atom stereocenters. The molecule has 1 aliphatic rings. The fourth-order valence-electron chi connectivity index (χ4n) is 3.97. The van der Waals surface area contributed by atoms with Gasteiger partial charge in [0.05, 0.1) is 11.1 Å². The Hall–Kier alpha value is -2.12. The van der Waals surface area contributed by atoms with Crippen LogP contribution in [0.2, 0.25) is 5.02 Å². The summed E-state index contributed by atoms with van der Waals surface area (Å²) in [5.41, 5.74) is 3.29. The lowest BCUT2D eigenvalue weighted by Gasteiger charge is -2.21. The van der Waals surface area contributed by atoms with Crippen LogP contribution in [-0.2, 0) is 19.4 Å². The predicted octanol–water partition coefficient (Wildman–Crippen LogP) is 5.42. The second-order valence-electron chi connectivity index (χ2n) is 7.77. The molecule has 2 aromatic heterocycles. The van der Waals surface area contributed by atoms with Gasteiger partial charge in [-0.1, -0.05) is 53.7 Å². The van der Waals surface area contributed by atoms with Gasteiger partial charge in [0, 0.05) is 28.7 Å². The Balaban J connectivity index is 1.59. The summed E-state index contributed by atoms with van der Waals surface area (Å²) in [6.07, 6.45) is 1.82. The quantitative estimate of drug-likeness (QED) is 0.290. The van der Waals surface area contributed by atoms with Gasteiger partial charge in [-0.25, -0.2) is 4.98 Å². The number of benzene rings is 2. The van der Waals surface area contributed by atoms with Crippen molar-refractivity contribution in [3.63, 3.8) is 0 Å². The van der Waals surface area contributed by atoms with Crippen LogP contribution in [0.1, 0.15) is 16.0 Å². The molecule has 0 saturated carbocycles. The number of aromatic nitrogens is 2. The summed E-state index contributed by atoms with van der Waals surface area (Å²) in [5.74, 6) is 0.851. The molecule has 0 bridgehead atoms. The molecule has 4 nitrogen and oxygen atoms in total. The molecular formula is C24H22ClN3OS2. The van der Waals surface area contributed by atoms with Crippen molar-refractivity contribution in [3.05, 3.63) is 86.0 Å². The van der Waals surface area contributed by atoms with Crippen LogP contribution in [0.5, 0.6) is 0 Å². The highest BCUT2D eigenvalue weighted by Crippen LogP contribution is 2.34. The van der Waals surface area contributed by atoms with E-state index in [-0.39, 0.29) is 5.56 Å². The summed E-state index contributed by atoms with van der Waals surface area (Å²) < 4.78 is 1.76. The number of aryl methyl sites for hydroxylation is 1. The minimum Gasteiger partial charge on any atom is -0.301 e. The maximum absolute atomic E-state index is 13.8. The second-order valence-corrected chi connectivity index (χ2v) is 10.3. The van der Waals surface area contributed by atoms with Gasteiger partial charge in [-0.15, -0.1) is 11.3 Å². The lowest BCUT2D eigenvalue weighted by molar-refractivity contribution is 0.318. The number of hydrogen-bond acceptors (Lipinski definition) is 5. The number of likely N-dealkylation sites (N-methyl/N-ethyl adjacent to an activating group) is 1.